The van der Waals surface area contributed by atoms with Gasteiger partial charge in [-0.1, -0.05) is 0 Å². The summed E-state index contributed by atoms with van der Waals surface area (Å²) in [6, 6.07) is 2.48. The Bertz CT molecular complexity index is 363. The van der Waals surface area contributed by atoms with Crippen LogP contribution in [0.3, 0.4) is 0 Å². The predicted octanol–water partition coefficient (Wildman–Crippen LogP) is 1.98. The topological polar surface area (TPSA) is 46.3 Å². The zero-order chi connectivity index (χ0) is 11.8. The van der Waals surface area contributed by atoms with E-state index in [9.17, 15) is 4.79 Å². The molecule has 0 saturated heterocycles. The SMILES string of the molecule is CC(C)(N)C(=O)N(Cc1ccsc1)C1CC1. The van der Waals surface area contributed by atoms with Gasteiger partial charge in [0.1, 0.15) is 0 Å². The molecule has 4 heteroatoms. The number of carbonyl (C=O) groups excluding carboxylic acids is 1. The molecule has 1 aromatic heterocycles. The lowest BCUT2D eigenvalue weighted by atomic mass is 10.0. The third-order valence-corrected chi connectivity index (χ3v) is 3.46. The average molecular weight is 238 g/mol. The molecular weight excluding hydrogens is 220 g/mol. The maximum absolute atomic E-state index is 12.2. The molecule has 1 fully saturated rings. The van der Waals surface area contributed by atoms with Crippen molar-refractivity contribution < 1.29 is 4.79 Å². The standard InChI is InChI=1S/C12H18N2OS/c1-12(2,13)11(15)14(10-3-4-10)7-9-5-6-16-8-9/h5-6,8,10H,3-4,7,13H2,1-2H3. The highest BCUT2D eigenvalue weighted by molar-refractivity contribution is 7.07. The van der Waals surface area contributed by atoms with E-state index in [4.69, 9.17) is 5.73 Å². The molecule has 16 heavy (non-hydrogen) atoms. The van der Waals surface area contributed by atoms with E-state index in [1.54, 1.807) is 25.2 Å². The van der Waals surface area contributed by atoms with Crippen LogP contribution >= 0.6 is 11.3 Å². The van der Waals surface area contributed by atoms with Crippen LogP contribution < -0.4 is 5.73 Å². The number of hydrogen-bond donors (Lipinski definition) is 1. The Labute approximate surface area is 100 Å². The highest BCUT2D eigenvalue weighted by Crippen LogP contribution is 2.30. The molecule has 3 nitrogen and oxygen atoms in total. The molecule has 0 unspecified atom stereocenters. The van der Waals surface area contributed by atoms with Crippen LogP contribution in [0.2, 0.25) is 0 Å². The fraction of sp³-hybridized carbons (Fsp3) is 0.583. The molecule has 2 N–H and O–H groups in total. The van der Waals surface area contributed by atoms with Crippen LogP contribution in [0.1, 0.15) is 32.3 Å². The summed E-state index contributed by atoms with van der Waals surface area (Å²) in [6.07, 6.45) is 2.23. The van der Waals surface area contributed by atoms with E-state index in [-0.39, 0.29) is 5.91 Å². The summed E-state index contributed by atoms with van der Waals surface area (Å²) in [5, 5.41) is 4.13. The van der Waals surface area contributed by atoms with Crippen molar-refractivity contribution >= 4 is 17.2 Å². The molecule has 0 spiro atoms. The van der Waals surface area contributed by atoms with Gasteiger partial charge in [0.05, 0.1) is 5.54 Å². The number of carbonyl (C=O) groups is 1. The normalized spacial score (nSPS) is 16.2. The highest BCUT2D eigenvalue weighted by atomic mass is 32.1. The minimum atomic E-state index is -0.765. The molecule has 1 saturated carbocycles. The van der Waals surface area contributed by atoms with Gasteiger partial charge in [-0.25, -0.2) is 0 Å². The highest BCUT2D eigenvalue weighted by Gasteiger charge is 2.37. The van der Waals surface area contributed by atoms with Crippen molar-refractivity contribution in [3.63, 3.8) is 0 Å². The van der Waals surface area contributed by atoms with E-state index in [1.165, 1.54) is 5.56 Å². The minimum Gasteiger partial charge on any atom is -0.334 e. The van der Waals surface area contributed by atoms with E-state index < -0.39 is 5.54 Å². The quantitative estimate of drug-likeness (QED) is 0.871. The molecule has 2 rings (SSSR count). The van der Waals surface area contributed by atoms with Crippen molar-refractivity contribution in [2.75, 3.05) is 0 Å². The van der Waals surface area contributed by atoms with Crippen molar-refractivity contribution in [2.45, 2.75) is 44.8 Å². The van der Waals surface area contributed by atoms with Gasteiger partial charge in [0.2, 0.25) is 5.91 Å². The van der Waals surface area contributed by atoms with Gasteiger partial charge in [-0.3, -0.25) is 4.79 Å². The summed E-state index contributed by atoms with van der Waals surface area (Å²) in [7, 11) is 0. The van der Waals surface area contributed by atoms with E-state index in [0.29, 0.717) is 12.6 Å². The second kappa shape index (κ2) is 4.18. The molecule has 1 aliphatic rings. The monoisotopic (exact) mass is 238 g/mol. The van der Waals surface area contributed by atoms with Crippen molar-refractivity contribution in [1.29, 1.82) is 0 Å². The molecule has 1 amide bonds. The molecule has 1 aromatic rings. The number of thiophene rings is 1. The lowest BCUT2D eigenvalue weighted by Gasteiger charge is -2.29. The average Bonchev–Trinajstić information content (AvgIpc) is 2.90. The lowest BCUT2D eigenvalue weighted by Crippen LogP contribution is -2.51. The molecule has 0 radical (unpaired) electrons. The molecule has 0 atom stereocenters. The van der Waals surface area contributed by atoms with Crippen LogP contribution in [0.15, 0.2) is 16.8 Å². The van der Waals surface area contributed by atoms with Gasteiger partial charge < -0.3 is 10.6 Å². The van der Waals surface area contributed by atoms with E-state index in [2.05, 4.69) is 11.4 Å². The second-order valence-electron chi connectivity index (χ2n) is 5.02. The number of rotatable bonds is 4. The zero-order valence-corrected chi connectivity index (χ0v) is 10.6. The third kappa shape index (κ3) is 2.62. The maximum Gasteiger partial charge on any atom is 0.242 e. The van der Waals surface area contributed by atoms with Gasteiger partial charge in [-0.05, 0) is 49.1 Å². The van der Waals surface area contributed by atoms with E-state index in [1.807, 2.05) is 10.3 Å². The molecule has 1 aliphatic carbocycles. The molecule has 88 valence electrons. The van der Waals surface area contributed by atoms with Gasteiger partial charge in [0.15, 0.2) is 0 Å². The minimum absolute atomic E-state index is 0.0567. The Hall–Kier alpha value is -0.870. The van der Waals surface area contributed by atoms with Gasteiger partial charge >= 0.3 is 0 Å². The first kappa shape index (κ1) is 11.6. The van der Waals surface area contributed by atoms with Gasteiger partial charge in [-0.15, -0.1) is 0 Å². The molecule has 0 aliphatic heterocycles. The fourth-order valence-electron chi connectivity index (χ4n) is 1.70. The number of nitrogens with zero attached hydrogens (tertiary/aromatic N) is 1. The Kier molecular flexibility index (Phi) is 3.04. The second-order valence-corrected chi connectivity index (χ2v) is 5.80. The summed E-state index contributed by atoms with van der Waals surface area (Å²) in [5.74, 6) is 0.0567. The Morgan fingerprint density at radius 1 is 1.62 bits per heavy atom. The molecule has 0 bridgehead atoms. The Balaban J connectivity index is 2.09. The molecule has 1 heterocycles. The van der Waals surface area contributed by atoms with Crippen LogP contribution in [0.4, 0.5) is 0 Å². The van der Waals surface area contributed by atoms with Crippen molar-refractivity contribution in [3.05, 3.63) is 22.4 Å². The maximum atomic E-state index is 12.2. The first-order chi connectivity index (χ1) is 7.48. The third-order valence-electron chi connectivity index (χ3n) is 2.73. The zero-order valence-electron chi connectivity index (χ0n) is 9.77. The first-order valence-electron chi connectivity index (χ1n) is 5.59. The molecule has 0 aromatic carbocycles. The van der Waals surface area contributed by atoms with Crippen LogP contribution in [0.25, 0.3) is 0 Å². The summed E-state index contributed by atoms with van der Waals surface area (Å²) in [6.45, 7) is 4.25. The smallest absolute Gasteiger partial charge is 0.242 e. The van der Waals surface area contributed by atoms with Crippen LogP contribution in [0.5, 0.6) is 0 Å². The van der Waals surface area contributed by atoms with Crippen molar-refractivity contribution in [1.82, 2.24) is 4.90 Å². The van der Waals surface area contributed by atoms with Gasteiger partial charge in [0, 0.05) is 12.6 Å². The van der Waals surface area contributed by atoms with E-state index >= 15 is 0 Å². The largest absolute Gasteiger partial charge is 0.334 e. The van der Waals surface area contributed by atoms with E-state index in [0.717, 1.165) is 12.8 Å². The van der Waals surface area contributed by atoms with Gasteiger partial charge in [-0.2, -0.15) is 11.3 Å². The number of amides is 1. The van der Waals surface area contributed by atoms with Crippen LogP contribution in [0, 0.1) is 0 Å². The van der Waals surface area contributed by atoms with Crippen molar-refractivity contribution in [2.24, 2.45) is 5.73 Å². The first-order valence-corrected chi connectivity index (χ1v) is 6.54. The fourth-order valence-corrected chi connectivity index (χ4v) is 2.36. The number of nitrogens with two attached hydrogens (primary N) is 1. The summed E-state index contributed by atoms with van der Waals surface area (Å²) in [4.78, 5) is 14.1. The number of hydrogen-bond acceptors (Lipinski definition) is 3. The van der Waals surface area contributed by atoms with Gasteiger partial charge in [0.25, 0.3) is 0 Å². The van der Waals surface area contributed by atoms with Crippen LogP contribution in [-0.4, -0.2) is 22.4 Å². The molecular formula is C12H18N2OS. The van der Waals surface area contributed by atoms with Crippen LogP contribution in [-0.2, 0) is 11.3 Å². The Morgan fingerprint density at radius 2 is 2.31 bits per heavy atom. The summed E-state index contributed by atoms with van der Waals surface area (Å²) in [5.41, 5.74) is 6.32. The summed E-state index contributed by atoms with van der Waals surface area (Å²) < 4.78 is 0. The lowest BCUT2D eigenvalue weighted by molar-refractivity contribution is -0.137. The predicted molar refractivity (Wildman–Crippen MR) is 66.2 cm³/mol. The Morgan fingerprint density at radius 3 is 2.75 bits per heavy atom. The summed E-state index contributed by atoms with van der Waals surface area (Å²) >= 11 is 1.66. The van der Waals surface area contributed by atoms with Crippen molar-refractivity contribution in [3.8, 4) is 0 Å².